The first-order valence-electron chi connectivity index (χ1n) is 6.32. The fourth-order valence-electron chi connectivity index (χ4n) is 1.89. The van der Waals surface area contributed by atoms with E-state index in [2.05, 4.69) is 10.7 Å². The zero-order valence-electron chi connectivity index (χ0n) is 11.0. The molecular weight excluding hydrogens is 254 g/mol. The monoisotopic (exact) mass is 271 g/mol. The summed E-state index contributed by atoms with van der Waals surface area (Å²) in [5, 5.41) is 12.0. The van der Waals surface area contributed by atoms with Gasteiger partial charge in [0.1, 0.15) is 5.75 Å². The molecule has 0 unspecified atom stereocenters. The lowest BCUT2D eigenvalue weighted by atomic mass is 10.1. The van der Waals surface area contributed by atoms with Crippen molar-refractivity contribution in [1.82, 2.24) is 5.32 Å². The van der Waals surface area contributed by atoms with E-state index in [0.29, 0.717) is 24.2 Å². The Balaban J connectivity index is 1.90. The van der Waals surface area contributed by atoms with Gasteiger partial charge in [-0.05, 0) is 36.2 Å². The number of phenolic OH excluding ortho intramolecular Hbond substituents is 1. The zero-order chi connectivity index (χ0) is 14.4. The molecule has 0 bridgehead atoms. The van der Waals surface area contributed by atoms with Crippen LogP contribution in [0, 0.1) is 0 Å². The van der Waals surface area contributed by atoms with Gasteiger partial charge in [0.15, 0.2) is 0 Å². The normalized spacial score (nSPS) is 10.1. The van der Waals surface area contributed by atoms with Gasteiger partial charge in [-0.3, -0.25) is 10.6 Å². The number of nitrogen functional groups attached to an aromatic ring is 1. The van der Waals surface area contributed by atoms with E-state index in [4.69, 9.17) is 5.84 Å². The molecule has 0 aliphatic rings. The molecule has 0 atom stereocenters. The molecule has 0 aliphatic heterocycles. The Kier molecular flexibility index (Phi) is 4.57. The summed E-state index contributed by atoms with van der Waals surface area (Å²) in [5.41, 5.74) is 4.66. The summed E-state index contributed by atoms with van der Waals surface area (Å²) < 4.78 is 0. The SMILES string of the molecule is NNc1ccccc1C(=O)NCCc1ccc(O)cc1. The van der Waals surface area contributed by atoms with E-state index < -0.39 is 0 Å². The zero-order valence-corrected chi connectivity index (χ0v) is 11.0. The molecule has 0 aromatic heterocycles. The molecule has 0 fully saturated rings. The van der Waals surface area contributed by atoms with Crippen molar-refractivity contribution in [2.45, 2.75) is 6.42 Å². The number of carbonyl (C=O) groups excluding carboxylic acids is 1. The fraction of sp³-hybridized carbons (Fsp3) is 0.133. The predicted molar refractivity (Wildman–Crippen MR) is 78.4 cm³/mol. The first-order chi connectivity index (χ1) is 9.70. The quantitative estimate of drug-likeness (QED) is 0.492. The molecule has 0 spiro atoms. The molecule has 2 aromatic rings. The highest BCUT2D eigenvalue weighted by molar-refractivity contribution is 5.99. The van der Waals surface area contributed by atoms with Crippen molar-refractivity contribution < 1.29 is 9.90 Å². The van der Waals surface area contributed by atoms with E-state index in [1.54, 1.807) is 30.3 Å². The number of carbonyl (C=O) groups is 1. The number of amides is 1. The largest absolute Gasteiger partial charge is 0.508 e. The maximum atomic E-state index is 12.0. The van der Waals surface area contributed by atoms with Crippen LogP contribution in [0.15, 0.2) is 48.5 Å². The lowest BCUT2D eigenvalue weighted by Crippen LogP contribution is -2.27. The van der Waals surface area contributed by atoms with Crippen molar-refractivity contribution in [2.24, 2.45) is 5.84 Å². The summed E-state index contributed by atoms with van der Waals surface area (Å²) in [6.07, 6.45) is 0.699. The first kappa shape index (κ1) is 13.9. The third kappa shape index (κ3) is 3.49. The second-order valence-corrected chi connectivity index (χ2v) is 4.36. The van der Waals surface area contributed by atoms with Gasteiger partial charge in [-0.15, -0.1) is 0 Å². The molecule has 0 saturated carbocycles. The van der Waals surface area contributed by atoms with E-state index in [9.17, 15) is 9.90 Å². The van der Waals surface area contributed by atoms with Gasteiger partial charge in [-0.2, -0.15) is 0 Å². The molecular formula is C15H17N3O2. The summed E-state index contributed by atoms with van der Waals surface area (Å²) in [6.45, 7) is 0.516. The molecule has 1 amide bonds. The van der Waals surface area contributed by atoms with Gasteiger partial charge in [0, 0.05) is 6.54 Å². The number of nitrogens with one attached hydrogen (secondary N) is 2. The van der Waals surface area contributed by atoms with E-state index in [0.717, 1.165) is 5.56 Å². The number of hydrazine groups is 1. The summed E-state index contributed by atoms with van der Waals surface area (Å²) in [4.78, 5) is 12.0. The number of hydrogen-bond acceptors (Lipinski definition) is 4. The average molecular weight is 271 g/mol. The predicted octanol–water partition coefficient (Wildman–Crippen LogP) is 1.65. The van der Waals surface area contributed by atoms with Gasteiger partial charge < -0.3 is 15.8 Å². The number of rotatable bonds is 5. The van der Waals surface area contributed by atoms with Crippen LogP contribution in [-0.2, 0) is 6.42 Å². The standard InChI is InChI=1S/C15H17N3O2/c16-18-14-4-2-1-3-13(14)15(20)17-10-9-11-5-7-12(19)8-6-11/h1-8,18-19H,9-10,16H2,(H,17,20). The van der Waals surface area contributed by atoms with Crippen LogP contribution in [-0.4, -0.2) is 17.6 Å². The van der Waals surface area contributed by atoms with Crippen molar-refractivity contribution in [3.8, 4) is 5.75 Å². The minimum Gasteiger partial charge on any atom is -0.508 e. The maximum absolute atomic E-state index is 12.0. The highest BCUT2D eigenvalue weighted by atomic mass is 16.3. The first-order valence-corrected chi connectivity index (χ1v) is 6.32. The number of nitrogens with two attached hydrogens (primary N) is 1. The molecule has 0 radical (unpaired) electrons. The van der Waals surface area contributed by atoms with E-state index in [-0.39, 0.29) is 11.7 Å². The minimum absolute atomic E-state index is 0.169. The van der Waals surface area contributed by atoms with Crippen LogP contribution < -0.4 is 16.6 Å². The Labute approximate surface area is 117 Å². The molecule has 0 saturated heterocycles. The lowest BCUT2D eigenvalue weighted by Gasteiger charge is -2.09. The number of hydrogen-bond donors (Lipinski definition) is 4. The summed E-state index contributed by atoms with van der Waals surface area (Å²) in [7, 11) is 0. The van der Waals surface area contributed by atoms with E-state index >= 15 is 0 Å². The third-order valence-electron chi connectivity index (χ3n) is 2.96. The highest BCUT2D eigenvalue weighted by Crippen LogP contribution is 2.13. The van der Waals surface area contributed by atoms with Gasteiger partial charge in [0.05, 0.1) is 11.3 Å². The Morgan fingerprint density at radius 1 is 1.10 bits per heavy atom. The van der Waals surface area contributed by atoms with Crippen LogP contribution in [0.1, 0.15) is 15.9 Å². The molecule has 104 valence electrons. The van der Waals surface area contributed by atoms with E-state index in [1.807, 2.05) is 18.2 Å². The van der Waals surface area contributed by atoms with Crippen molar-refractivity contribution >= 4 is 11.6 Å². The summed E-state index contributed by atoms with van der Waals surface area (Å²) >= 11 is 0. The topological polar surface area (TPSA) is 87.4 Å². The second-order valence-electron chi connectivity index (χ2n) is 4.36. The maximum Gasteiger partial charge on any atom is 0.253 e. The molecule has 0 aliphatic carbocycles. The minimum atomic E-state index is -0.169. The lowest BCUT2D eigenvalue weighted by molar-refractivity contribution is 0.0955. The van der Waals surface area contributed by atoms with Crippen LogP contribution in [0.3, 0.4) is 0 Å². The van der Waals surface area contributed by atoms with Gasteiger partial charge in [-0.1, -0.05) is 24.3 Å². The molecule has 2 aromatic carbocycles. The Bertz CT molecular complexity index is 582. The molecule has 2 rings (SSSR count). The number of phenols is 1. The van der Waals surface area contributed by atoms with Crippen LogP contribution in [0.2, 0.25) is 0 Å². The van der Waals surface area contributed by atoms with Crippen molar-refractivity contribution in [2.75, 3.05) is 12.0 Å². The van der Waals surface area contributed by atoms with Crippen molar-refractivity contribution in [1.29, 1.82) is 0 Å². The number of benzene rings is 2. The van der Waals surface area contributed by atoms with Crippen molar-refractivity contribution in [3.05, 3.63) is 59.7 Å². The second kappa shape index (κ2) is 6.58. The molecule has 20 heavy (non-hydrogen) atoms. The highest BCUT2D eigenvalue weighted by Gasteiger charge is 2.09. The third-order valence-corrected chi connectivity index (χ3v) is 2.96. The van der Waals surface area contributed by atoms with Crippen molar-refractivity contribution in [3.63, 3.8) is 0 Å². The number of anilines is 1. The van der Waals surface area contributed by atoms with Crippen LogP contribution in [0.25, 0.3) is 0 Å². The molecule has 0 heterocycles. The Hall–Kier alpha value is -2.53. The van der Waals surface area contributed by atoms with Crippen LogP contribution >= 0.6 is 0 Å². The summed E-state index contributed by atoms with van der Waals surface area (Å²) in [6, 6.07) is 14.0. The van der Waals surface area contributed by atoms with Crippen LogP contribution in [0.4, 0.5) is 5.69 Å². The Morgan fingerprint density at radius 3 is 2.50 bits per heavy atom. The summed E-state index contributed by atoms with van der Waals surface area (Å²) in [5.74, 6) is 5.44. The number of aromatic hydroxyl groups is 1. The van der Waals surface area contributed by atoms with Crippen LogP contribution in [0.5, 0.6) is 5.75 Å². The van der Waals surface area contributed by atoms with Gasteiger partial charge >= 0.3 is 0 Å². The fourth-order valence-corrected chi connectivity index (χ4v) is 1.89. The smallest absolute Gasteiger partial charge is 0.253 e. The van der Waals surface area contributed by atoms with Gasteiger partial charge in [0.2, 0.25) is 0 Å². The average Bonchev–Trinajstić information content (AvgIpc) is 2.49. The molecule has 5 N–H and O–H groups in total. The number of para-hydroxylation sites is 1. The molecule has 5 heteroatoms. The molecule has 5 nitrogen and oxygen atoms in total. The van der Waals surface area contributed by atoms with Gasteiger partial charge in [-0.25, -0.2) is 0 Å². The van der Waals surface area contributed by atoms with Gasteiger partial charge in [0.25, 0.3) is 5.91 Å². The van der Waals surface area contributed by atoms with E-state index in [1.165, 1.54) is 0 Å². The Morgan fingerprint density at radius 2 is 1.80 bits per heavy atom.